The number of carbonyl (C=O) groups is 1. The lowest BCUT2D eigenvalue weighted by atomic mass is 10.1. The average molecular weight is 387 g/mol. The predicted molar refractivity (Wildman–Crippen MR) is 97.3 cm³/mol. The fourth-order valence-corrected chi connectivity index (χ4v) is 3.54. The van der Waals surface area contributed by atoms with Crippen molar-refractivity contribution in [3.05, 3.63) is 54.1 Å². The van der Waals surface area contributed by atoms with Crippen LogP contribution in [0.3, 0.4) is 0 Å². The van der Waals surface area contributed by atoms with Crippen LogP contribution in [-0.2, 0) is 14.8 Å². The molecule has 140 valence electrons. The van der Waals surface area contributed by atoms with Crippen LogP contribution in [-0.4, -0.2) is 35.7 Å². The lowest BCUT2D eigenvalue weighted by Crippen LogP contribution is -2.38. The Balaban J connectivity index is 1.90. The maximum absolute atomic E-state index is 12.3. The first kappa shape index (κ1) is 18.7. The highest BCUT2D eigenvalue weighted by Crippen LogP contribution is 2.25. The van der Waals surface area contributed by atoms with Crippen molar-refractivity contribution in [1.82, 2.24) is 14.9 Å². The molecular formula is C18H17N3O5S. The van der Waals surface area contributed by atoms with Gasteiger partial charge in [-0.25, -0.2) is 8.42 Å². The molecule has 27 heavy (non-hydrogen) atoms. The molecule has 0 aliphatic heterocycles. The van der Waals surface area contributed by atoms with E-state index in [0.29, 0.717) is 11.5 Å². The van der Waals surface area contributed by atoms with E-state index in [2.05, 4.69) is 14.9 Å². The number of nitrogens with one attached hydrogen (secondary N) is 1. The van der Waals surface area contributed by atoms with Gasteiger partial charge >= 0.3 is 5.97 Å². The molecular weight excluding hydrogens is 370 g/mol. The number of hydrogen-bond donors (Lipinski definition) is 2. The summed E-state index contributed by atoms with van der Waals surface area (Å²) < 4.78 is 32.4. The molecule has 0 bridgehead atoms. The van der Waals surface area contributed by atoms with Crippen LogP contribution in [0.25, 0.3) is 22.9 Å². The first-order valence-electron chi connectivity index (χ1n) is 8.02. The van der Waals surface area contributed by atoms with Crippen LogP contribution in [0.1, 0.15) is 12.5 Å². The van der Waals surface area contributed by atoms with Gasteiger partial charge in [0.25, 0.3) is 0 Å². The Hall–Kier alpha value is -3.04. The zero-order chi connectivity index (χ0) is 19.6. The predicted octanol–water partition coefficient (Wildman–Crippen LogP) is 2.46. The van der Waals surface area contributed by atoms with Crippen LogP contribution in [0.5, 0.6) is 0 Å². The molecule has 1 atom stereocenters. The highest BCUT2D eigenvalue weighted by Gasteiger charge is 2.22. The van der Waals surface area contributed by atoms with E-state index in [0.717, 1.165) is 11.1 Å². The van der Waals surface area contributed by atoms with Crippen molar-refractivity contribution < 1.29 is 22.7 Å². The third-order valence-electron chi connectivity index (χ3n) is 3.82. The van der Waals surface area contributed by atoms with E-state index in [9.17, 15) is 13.2 Å². The number of carboxylic acids is 1. The van der Waals surface area contributed by atoms with E-state index in [1.165, 1.54) is 25.1 Å². The van der Waals surface area contributed by atoms with Crippen molar-refractivity contribution in [3.8, 4) is 22.9 Å². The lowest BCUT2D eigenvalue weighted by molar-refractivity contribution is -0.138. The van der Waals surface area contributed by atoms with Crippen molar-refractivity contribution in [2.45, 2.75) is 24.8 Å². The van der Waals surface area contributed by atoms with E-state index < -0.39 is 22.0 Å². The molecule has 0 radical (unpaired) electrons. The summed E-state index contributed by atoms with van der Waals surface area (Å²) in [6, 6.07) is 12.1. The molecule has 0 aliphatic carbocycles. The summed E-state index contributed by atoms with van der Waals surface area (Å²) in [4.78, 5) is 10.8. The summed E-state index contributed by atoms with van der Waals surface area (Å²) in [5, 5.41) is 16.9. The Morgan fingerprint density at radius 2 is 1.70 bits per heavy atom. The van der Waals surface area contributed by atoms with Crippen LogP contribution < -0.4 is 4.72 Å². The van der Waals surface area contributed by atoms with Crippen LogP contribution in [0.4, 0.5) is 0 Å². The zero-order valence-corrected chi connectivity index (χ0v) is 15.4. The fourth-order valence-electron chi connectivity index (χ4n) is 2.30. The topological polar surface area (TPSA) is 122 Å². The summed E-state index contributed by atoms with van der Waals surface area (Å²) in [5.74, 6) is -0.792. The van der Waals surface area contributed by atoms with Crippen LogP contribution >= 0.6 is 0 Å². The van der Waals surface area contributed by atoms with Gasteiger partial charge in [-0.15, -0.1) is 10.2 Å². The summed E-state index contributed by atoms with van der Waals surface area (Å²) >= 11 is 0. The highest BCUT2D eigenvalue weighted by atomic mass is 32.2. The molecule has 0 saturated carbocycles. The zero-order valence-electron chi connectivity index (χ0n) is 14.6. The molecule has 0 saturated heterocycles. The summed E-state index contributed by atoms with van der Waals surface area (Å²) in [5.41, 5.74) is 2.26. The second kappa shape index (κ2) is 7.29. The van der Waals surface area contributed by atoms with Crippen molar-refractivity contribution in [3.63, 3.8) is 0 Å². The summed E-state index contributed by atoms with van der Waals surface area (Å²) in [6.45, 7) is 3.21. The van der Waals surface area contributed by atoms with E-state index in [1.54, 1.807) is 6.07 Å². The smallest absolute Gasteiger partial charge is 0.321 e. The Labute approximate surface area is 155 Å². The standard InChI is InChI=1S/C18H17N3O5S/c1-11-6-8-13(9-7-11)16-19-20-17(26-16)14-4-3-5-15(10-14)27(24,25)21-12(2)18(22)23/h3-10,12,21H,1-2H3,(H,22,23)/t12-/m1/s1. The van der Waals surface area contributed by atoms with Gasteiger partial charge in [-0.2, -0.15) is 4.72 Å². The number of aliphatic carboxylic acids is 1. The number of nitrogens with zero attached hydrogens (tertiary/aromatic N) is 2. The molecule has 0 fully saturated rings. The number of aryl methyl sites for hydroxylation is 1. The van der Waals surface area contributed by atoms with E-state index in [1.807, 2.05) is 31.2 Å². The minimum Gasteiger partial charge on any atom is -0.480 e. The number of rotatable bonds is 6. The van der Waals surface area contributed by atoms with E-state index >= 15 is 0 Å². The number of hydrogen-bond acceptors (Lipinski definition) is 6. The van der Waals surface area contributed by atoms with Gasteiger partial charge in [-0.05, 0) is 44.2 Å². The minimum atomic E-state index is -4.01. The molecule has 1 heterocycles. The molecule has 3 aromatic rings. The number of sulfonamides is 1. The van der Waals surface area contributed by atoms with Gasteiger partial charge in [0.2, 0.25) is 21.8 Å². The van der Waals surface area contributed by atoms with Crippen molar-refractivity contribution in [1.29, 1.82) is 0 Å². The second-order valence-corrected chi connectivity index (χ2v) is 7.70. The second-order valence-electron chi connectivity index (χ2n) is 5.99. The maximum atomic E-state index is 12.3. The van der Waals surface area contributed by atoms with Crippen molar-refractivity contribution in [2.24, 2.45) is 0 Å². The average Bonchev–Trinajstić information content (AvgIpc) is 3.12. The quantitative estimate of drug-likeness (QED) is 0.666. The fraction of sp³-hybridized carbons (Fsp3) is 0.167. The number of aromatic nitrogens is 2. The van der Waals surface area contributed by atoms with E-state index in [4.69, 9.17) is 9.52 Å². The Bertz CT molecular complexity index is 1070. The molecule has 0 unspecified atom stereocenters. The van der Waals surface area contributed by atoms with Gasteiger partial charge in [0, 0.05) is 11.1 Å². The van der Waals surface area contributed by atoms with Gasteiger partial charge in [0.15, 0.2) is 0 Å². The molecule has 0 aliphatic rings. The minimum absolute atomic E-state index is 0.0943. The van der Waals surface area contributed by atoms with Gasteiger partial charge in [-0.1, -0.05) is 23.8 Å². The molecule has 2 N–H and O–H groups in total. The van der Waals surface area contributed by atoms with Crippen molar-refractivity contribution >= 4 is 16.0 Å². The molecule has 9 heteroatoms. The third kappa shape index (κ3) is 4.21. The molecule has 0 amide bonds. The van der Waals surface area contributed by atoms with E-state index in [-0.39, 0.29) is 10.8 Å². The highest BCUT2D eigenvalue weighted by molar-refractivity contribution is 7.89. The van der Waals surface area contributed by atoms with Crippen LogP contribution in [0, 0.1) is 6.92 Å². The molecule has 8 nitrogen and oxygen atoms in total. The monoisotopic (exact) mass is 387 g/mol. The summed E-state index contributed by atoms with van der Waals surface area (Å²) in [6.07, 6.45) is 0. The first-order valence-corrected chi connectivity index (χ1v) is 9.51. The molecule has 2 aromatic carbocycles. The number of carboxylic acid groups (broad SMARTS) is 1. The SMILES string of the molecule is Cc1ccc(-c2nnc(-c3cccc(S(=O)(=O)N[C@H](C)C(=O)O)c3)o2)cc1. The maximum Gasteiger partial charge on any atom is 0.321 e. The van der Waals surface area contributed by atoms with Gasteiger partial charge in [-0.3, -0.25) is 4.79 Å². The first-order chi connectivity index (χ1) is 12.8. The normalized spacial score (nSPS) is 12.7. The summed E-state index contributed by atoms with van der Waals surface area (Å²) in [7, 11) is -4.01. The third-order valence-corrected chi connectivity index (χ3v) is 5.36. The van der Waals surface area contributed by atoms with Crippen LogP contribution in [0.15, 0.2) is 57.8 Å². The molecule has 0 spiro atoms. The lowest BCUT2D eigenvalue weighted by Gasteiger charge is -2.10. The molecule has 1 aromatic heterocycles. The van der Waals surface area contributed by atoms with Crippen LogP contribution in [0.2, 0.25) is 0 Å². The van der Waals surface area contributed by atoms with Crippen molar-refractivity contribution in [2.75, 3.05) is 0 Å². The Kier molecular flexibility index (Phi) is 5.06. The largest absolute Gasteiger partial charge is 0.480 e. The van der Waals surface area contributed by atoms with Gasteiger partial charge in [0.1, 0.15) is 6.04 Å². The number of benzene rings is 2. The van der Waals surface area contributed by atoms with Gasteiger partial charge < -0.3 is 9.52 Å². The van der Waals surface area contributed by atoms with Gasteiger partial charge in [0.05, 0.1) is 4.90 Å². The Morgan fingerprint density at radius 3 is 2.33 bits per heavy atom. The molecule has 3 rings (SSSR count). The Morgan fingerprint density at radius 1 is 1.07 bits per heavy atom.